The van der Waals surface area contributed by atoms with Crippen LogP contribution in [0.4, 0.5) is 15.4 Å². The molecule has 2 aliphatic heterocycles. The van der Waals surface area contributed by atoms with Crippen LogP contribution in [0.2, 0.25) is 0 Å². The molecule has 2 fully saturated rings. The lowest BCUT2D eigenvalue weighted by atomic mass is 10.1. The molecule has 2 aliphatic rings. The van der Waals surface area contributed by atoms with Gasteiger partial charge in [0, 0.05) is 56.6 Å². The number of rotatable bonds is 5. The van der Waals surface area contributed by atoms with Crippen LogP contribution in [0.1, 0.15) is 60.4 Å². The summed E-state index contributed by atoms with van der Waals surface area (Å²) < 4.78 is 9.73. The smallest absolute Gasteiger partial charge is 0.410 e. The fourth-order valence-corrected chi connectivity index (χ4v) is 5.29. The first kappa shape index (κ1) is 27.6. The number of nitrogens with zero attached hydrogens (tertiary/aromatic N) is 6. The Kier molecular flexibility index (Phi) is 8.34. The maximum Gasteiger partial charge on any atom is 0.410 e. The zero-order chi connectivity index (χ0) is 27.4. The molecule has 206 valence electrons. The van der Waals surface area contributed by atoms with Crippen LogP contribution in [-0.4, -0.2) is 93.1 Å². The van der Waals surface area contributed by atoms with Crippen molar-refractivity contribution in [2.75, 3.05) is 44.2 Å². The van der Waals surface area contributed by atoms with Gasteiger partial charge >= 0.3 is 12.1 Å². The van der Waals surface area contributed by atoms with Gasteiger partial charge in [-0.3, -0.25) is 4.79 Å². The molecule has 38 heavy (non-hydrogen) atoms. The molecule has 13 heteroatoms. The van der Waals surface area contributed by atoms with E-state index in [4.69, 9.17) is 15.5 Å². The highest BCUT2D eigenvalue weighted by Crippen LogP contribution is 2.22. The summed E-state index contributed by atoms with van der Waals surface area (Å²) in [5.41, 5.74) is 6.60. The lowest BCUT2D eigenvalue weighted by Crippen LogP contribution is -2.57. The number of aryl methyl sites for hydroxylation is 1. The number of hydrogen-bond donors (Lipinski definition) is 2. The lowest BCUT2D eigenvalue weighted by Gasteiger charge is -2.38. The van der Waals surface area contributed by atoms with Gasteiger partial charge in [0.25, 0.3) is 5.91 Å². The molecule has 12 nitrogen and oxygen atoms in total. The van der Waals surface area contributed by atoms with Crippen LogP contribution in [-0.2, 0) is 11.2 Å². The van der Waals surface area contributed by atoms with Crippen LogP contribution < -0.4 is 16.0 Å². The molecule has 0 spiro atoms. The maximum absolute atomic E-state index is 13.0. The van der Waals surface area contributed by atoms with Gasteiger partial charge in [-0.05, 0) is 58.1 Å². The second-order valence-corrected chi connectivity index (χ2v) is 11.6. The summed E-state index contributed by atoms with van der Waals surface area (Å²) >= 11 is 1.37. The number of primary amides is 1. The number of ether oxygens (including phenoxy) is 1. The number of nitrogens with one attached hydrogen (secondary N) is 1. The number of amides is 4. The minimum Gasteiger partial charge on any atom is -0.444 e. The molecule has 4 rings (SSSR count). The highest BCUT2D eigenvalue weighted by Gasteiger charge is 2.30. The maximum atomic E-state index is 13.0. The standard InChI is InChI=1S/C25H36N8O4S/c1-16-12-18(38-30-16)13-19-21(22(26)34)27-14-20(29-19)33-7-5-6-17(15-33)28-23(35)31-8-10-32(11-9-31)24(36)37-25(2,3)4/h12,14,17H,5-11,13,15H2,1-4H3,(H2,26,34)(H,28,35). The molecule has 4 amide bonds. The molecule has 0 radical (unpaired) electrons. The second kappa shape index (κ2) is 11.5. The van der Waals surface area contributed by atoms with Crippen molar-refractivity contribution in [1.29, 1.82) is 0 Å². The molecule has 1 atom stereocenters. The van der Waals surface area contributed by atoms with Crippen molar-refractivity contribution in [2.24, 2.45) is 5.73 Å². The van der Waals surface area contributed by atoms with E-state index in [1.54, 1.807) is 16.0 Å². The Morgan fingerprint density at radius 3 is 2.50 bits per heavy atom. The Hall–Kier alpha value is -3.48. The third-order valence-corrected chi connectivity index (χ3v) is 7.25. The average molecular weight is 545 g/mol. The number of hydrogen-bond acceptors (Lipinski definition) is 9. The number of carbonyl (C=O) groups excluding carboxylic acids is 3. The number of aromatic nitrogens is 3. The summed E-state index contributed by atoms with van der Waals surface area (Å²) in [4.78, 5) is 52.7. The predicted molar refractivity (Wildman–Crippen MR) is 143 cm³/mol. The first-order chi connectivity index (χ1) is 18.0. The molecule has 0 saturated carbocycles. The highest BCUT2D eigenvalue weighted by atomic mass is 32.1. The van der Waals surface area contributed by atoms with E-state index < -0.39 is 11.5 Å². The monoisotopic (exact) mass is 544 g/mol. The van der Waals surface area contributed by atoms with Gasteiger partial charge in [0.15, 0.2) is 0 Å². The molecule has 0 bridgehead atoms. The highest BCUT2D eigenvalue weighted by molar-refractivity contribution is 7.05. The van der Waals surface area contributed by atoms with Crippen molar-refractivity contribution in [1.82, 2.24) is 29.5 Å². The first-order valence-corrected chi connectivity index (χ1v) is 13.6. The minimum absolute atomic E-state index is 0.0645. The van der Waals surface area contributed by atoms with E-state index in [2.05, 4.69) is 19.6 Å². The van der Waals surface area contributed by atoms with Crippen molar-refractivity contribution >= 4 is 35.4 Å². The van der Waals surface area contributed by atoms with Gasteiger partial charge in [-0.2, -0.15) is 4.37 Å². The molecule has 0 aromatic carbocycles. The first-order valence-electron chi connectivity index (χ1n) is 12.8. The number of nitrogens with two attached hydrogens (primary N) is 1. The lowest BCUT2D eigenvalue weighted by molar-refractivity contribution is 0.0169. The number of urea groups is 1. The van der Waals surface area contributed by atoms with Crippen LogP contribution in [0.5, 0.6) is 0 Å². The molecule has 2 aromatic rings. The normalized spacial score (nSPS) is 18.3. The number of piperidine rings is 1. The van der Waals surface area contributed by atoms with Gasteiger partial charge in [0.1, 0.15) is 17.1 Å². The largest absolute Gasteiger partial charge is 0.444 e. The topological polar surface area (TPSA) is 147 Å². The van der Waals surface area contributed by atoms with Crippen LogP contribution in [0, 0.1) is 6.92 Å². The Morgan fingerprint density at radius 1 is 1.16 bits per heavy atom. The summed E-state index contributed by atoms with van der Waals surface area (Å²) in [6.07, 6.45) is 3.36. The summed E-state index contributed by atoms with van der Waals surface area (Å²) in [6, 6.07) is 1.76. The molecular formula is C25H36N8O4S. The van der Waals surface area contributed by atoms with Gasteiger partial charge in [-0.15, -0.1) is 0 Å². The molecule has 2 saturated heterocycles. The quantitative estimate of drug-likeness (QED) is 0.582. The minimum atomic E-state index is -0.615. The van der Waals surface area contributed by atoms with E-state index >= 15 is 0 Å². The van der Waals surface area contributed by atoms with Crippen LogP contribution in [0.25, 0.3) is 0 Å². The zero-order valence-corrected chi connectivity index (χ0v) is 23.2. The van der Waals surface area contributed by atoms with Crippen molar-refractivity contribution < 1.29 is 19.1 Å². The van der Waals surface area contributed by atoms with Crippen molar-refractivity contribution in [3.63, 3.8) is 0 Å². The Balaban J connectivity index is 1.35. The molecule has 2 aromatic heterocycles. The zero-order valence-electron chi connectivity index (χ0n) is 22.4. The molecule has 4 heterocycles. The SMILES string of the molecule is Cc1cc(Cc2nc(N3CCCC(NC(=O)N4CCN(C(=O)OC(C)(C)C)CC4)C3)cnc2C(N)=O)sn1. The van der Waals surface area contributed by atoms with Gasteiger partial charge < -0.3 is 30.5 Å². The molecule has 0 aliphatic carbocycles. The molecular weight excluding hydrogens is 508 g/mol. The molecule has 3 N–H and O–H groups in total. The van der Waals surface area contributed by atoms with E-state index in [9.17, 15) is 14.4 Å². The third kappa shape index (κ3) is 7.09. The van der Waals surface area contributed by atoms with Crippen LogP contribution in [0.15, 0.2) is 12.3 Å². The third-order valence-electron chi connectivity index (χ3n) is 6.38. The fraction of sp³-hybridized carbons (Fsp3) is 0.600. The van der Waals surface area contributed by atoms with E-state index in [-0.39, 0.29) is 23.9 Å². The fourth-order valence-electron chi connectivity index (χ4n) is 4.55. The van der Waals surface area contributed by atoms with E-state index in [1.165, 1.54) is 11.5 Å². The summed E-state index contributed by atoms with van der Waals surface area (Å²) in [5.74, 6) is 0.0343. The van der Waals surface area contributed by atoms with E-state index in [1.807, 2.05) is 33.8 Å². The van der Waals surface area contributed by atoms with Crippen molar-refractivity contribution in [3.8, 4) is 0 Å². The van der Waals surface area contributed by atoms with Gasteiger partial charge in [-0.25, -0.2) is 19.6 Å². The summed E-state index contributed by atoms with van der Waals surface area (Å²) in [7, 11) is 0. The second-order valence-electron chi connectivity index (χ2n) is 10.7. The van der Waals surface area contributed by atoms with Crippen molar-refractivity contribution in [2.45, 2.75) is 58.6 Å². The Morgan fingerprint density at radius 2 is 1.87 bits per heavy atom. The average Bonchev–Trinajstić information content (AvgIpc) is 3.27. The van der Waals surface area contributed by atoms with E-state index in [0.717, 1.165) is 30.0 Å². The number of anilines is 1. The van der Waals surface area contributed by atoms with Gasteiger partial charge in [0.2, 0.25) is 0 Å². The Bertz CT molecular complexity index is 1170. The number of carbonyl (C=O) groups is 3. The predicted octanol–water partition coefficient (Wildman–Crippen LogP) is 2.16. The van der Waals surface area contributed by atoms with Crippen molar-refractivity contribution in [3.05, 3.63) is 34.2 Å². The summed E-state index contributed by atoms with van der Waals surface area (Å²) in [6.45, 7) is 10.5. The van der Waals surface area contributed by atoms with Gasteiger partial charge in [0.05, 0.1) is 17.6 Å². The molecule has 1 unspecified atom stereocenters. The van der Waals surface area contributed by atoms with Crippen LogP contribution >= 0.6 is 11.5 Å². The summed E-state index contributed by atoms with van der Waals surface area (Å²) in [5, 5.41) is 3.14. The van der Waals surface area contributed by atoms with E-state index in [0.29, 0.717) is 50.7 Å². The van der Waals surface area contributed by atoms with Crippen LogP contribution in [0.3, 0.4) is 0 Å². The number of piperazine rings is 1. The van der Waals surface area contributed by atoms with Gasteiger partial charge in [-0.1, -0.05) is 0 Å². The Labute approximate surface area is 226 Å².